The lowest BCUT2D eigenvalue weighted by Gasteiger charge is -2.22. The van der Waals surface area contributed by atoms with Crippen LogP contribution in [-0.2, 0) is 13.0 Å². The smallest absolute Gasteiger partial charge is 0.226 e. The van der Waals surface area contributed by atoms with E-state index in [-0.39, 0.29) is 11.9 Å². The largest absolute Gasteiger partial charge is 0.392 e. The van der Waals surface area contributed by atoms with E-state index in [0.717, 1.165) is 30.6 Å². The summed E-state index contributed by atoms with van der Waals surface area (Å²) in [6, 6.07) is 8.42. The van der Waals surface area contributed by atoms with Crippen LogP contribution >= 0.6 is 11.6 Å². The van der Waals surface area contributed by atoms with Gasteiger partial charge in [0.25, 0.3) is 0 Å². The molecule has 0 bridgehead atoms. The summed E-state index contributed by atoms with van der Waals surface area (Å²) < 4.78 is 1.78. The summed E-state index contributed by atoms with van der Waals surface area (Å²) in [5, 5.41) is 14.5. The number of benzene rings is 1. The molecule has 1 aliphatic heterocycles. The minimum Gasteiger partial charge on any atom is -0.392 e. The summed E-state index contributed by atoms with van der Waals surface area (Å²) in [5.74, 6) is 0.334. The van der Waals surface area contributed by atoms with Crippen molar-refractivity contribution in [3.05, 3.63) is 70.8 Å². The van der Waals surface area contributed by atoms with Gasteiger partial charge in [-0.1, -0.05) is 36.4 Å². The van der Waals surface area contributed by atoms with Crippen molar-refractivity contribution in [2.24, 2.45) is 0 Å². The molecular formula is C20H21ClN6O. The first kappa shape index (κ1) is 18.5. The van der Waals surface area contributed by atoms with E-state index in [1.807, 2.05) is 12.3 Å². The second-order valence-electron chi connectivity index (χ2n) is 6.75. The van der Waals surface area contributed by atoms with Gasteiger partial charge in [-0.3, -0.25) is 0 Å². The normalized spacial score (nSPS) is 13.9. The minimum absolute atomic E-state index is 0.0679. The maximum absolute atomic E-state index is 9.28. The molecule has 0 atom stereocenters. The molecule has 0 radical (unpaired) electrons. The predicted octanol–water partition coefficient (Wildman–Crippen LogP) is 2.40. The molecule has 0 aliphatic carbocycles. The molecule has 3 aromatic rings. The van der Waals surface area contributed by atoms with Crippen LogP contribution in [0.15, 0.2) is 54.4 Å². The number of nitrogens with zero attached hydrogens (tertiary/aromatic N) is 5. The zero-order valence-electron chi connectivity index (χ0n) is 15.3. The number of rotatable bonds is 6. The summed E-state index contributed by atoms with van der Waals surface area (Å²) >= 11 is 5.94. The summed E-state index contributed by atoms with van der Waals surface area (Å²) in [5.41, 5.74) is 9.84. The van der Waals surface area contributed by atoms with E-state index in [9.17, 15) is 5.11 Å². The Kier molecular flexibility index (Phi) is 5.27. The highest BCUT2D eigenvalue weighted by Crippen LogP contribution is 2.20. The van der Waals surface area contributed by atoms with E-state index in [1.54, 1.807) is 10.9 Å². The number of nitrogen functional groups attached to an aromatic ring is 1. The number of hydrogen-bond acceptors (Lipinski definition) is 6. The number of aliphatic hydroxyl groups is 1. The quantitative estimate of drug-likeness (QED) is 0.621. The highest BCUT2D eigenvalue weighted by molar-refractivity contribution is 6.28. The third kappa shape index (κ3) is 4.00. The standard InChI is InChI=1S/C20H21ClN6O/c21-20-24-18(22)17-10-23-27(19(17)25-20)12-15-4-1-3-14(9-15)6-8-26-7-2-5-16(11-26)13-28/h1-5,9-11,28H,6-8,12-13H2,(H2,22,24,25). The average Bonchev–Trinajstić information content (AvgIpc) is 3.10. The Balaban J connectivity index is 1.47. The van der Waals surface area contributed by atoms with Crippen LogP contribution in [-0.4, -0.2) is 49.5 Å². The van der Waals surface area contributed by atoms with Gasteiger partial charge in [-0.15, -0.1) is 0 Å². The fraction of sp³-hybridized carbons (Fsp3) is 0.250. The molecule has 0 unspecified atom stereocenters. The fourth-order valence-electron chi connectivity index (χ4n) is 3.31. The highest BCUT2D eigenvalue weighted by atomic mass is 35.5. The Hall–Kier alpha value is -2.90. The van der Waals surface area contributed by atoms with Gasteiger partial charge in [-0.2, -0.15) is 10.1 Å². The maximum atomic E-state index is 9.28. The van der Waals surface area contributed by atoms with E-state index >= 15 is 0 Å². The van der Waals surface area contributed by atoms with Crippen LogP contribution in [0.2, 0.25) is 5.28 Å². The first-order chi connectivity index (χ1) is 13.6. The average molecular weight is 397 g/mol. The van der Waals surface area contributed by atoms with E-state index in [2.05, 4.69) is 50.3 Å². The summed E-state index contributed by atoms with van der Waals surface area (Å²) in [6.45, 7) is 2.40. The second kappa shape index (κ2) is 8.00. The topological polar surface area (TPSA) is 93.1 Å². The lowest BCUT2D eigenvalue weighted by molar-refractivity contribution is 0.325. The molecule has 0 saturated heterocycles. The number of aromatic nitrogens is 4. The van der Waals surface area contributed by atoms with Gasteiger partial charge < -0.3 is 15.7 Å². The molecule has 3 heterocycles. The van der Waals surface area contributed by atoms with Crippen LogP contribution in [0.25, 0.3) is 11.0 Å². The Labute approximate surface area is 167 Å². The fourth-order valence-corrected chi connectivity index (χ4v) is 3.48. The first-order valence-corrected chi connectivity index (χ1v) is 9.44. The Morgan fingerprint density at radius 1 is 1.21 bits per heavy atom. The van der Waals surface area contributed by atoms with E-state index < -0.39 is 0 Å². The summed E-state index contributed by atoms with van der Waals surface area (Å²) in [7, 11) is 0. The third-order valence-corrected chi connectivity index (χ3v) is 4.88. The van der Waals surface area contributed by atoms with E-state index in [4.69, 9.17) is 17.3 Å². The van der Waals surface area contributed by atoms with Gasteiger partial charge in [-0.25, -0.2) is 9.67 Å². The molecule has 144 valence electrons. The van der Waals surface area contributed by atoms with Crippen LogP contribution in [0.5, 0.6) is 0 Å². The molecule has 0 fully saturated rings. The monoisotopic (exact) mass is 396 g/mol. The number of aliphatic hydroxyl groups excluding tert-OH is 1. The first-order valence-electron chi connectivity index (χ1n) is 9.07. The van der Waals surface area contributed by atoms with Crippen LogP contribution in [0.3, 0.4) is 0 Å². The van der Waals surface area contributed by atoms with Crippen LogP contribution in [0.1, 0.15) is 11.1 Å². The SMILES string of the molecule is Nc1nc(Cl)nc2c1cnn2Cc1cccc(CCN2C=C(CO)C=CC2)c1. The van der Waals surface area contributed by atoms with Crippen LogP contribution in [0, 0.1) is 0 Å². The van der Waals surface area contributed by atoms with Crippen LogP contribution < -0.4 is 5.73 Å². The molecule has 4 rings (SSSR count). The van der Waals surface area contributed by atoms with Gasteiger partial charge in [0.05, 0.1) is 24.7 Å². The maximum Gasteiger partial charge on any atom is 0.226 e. The number of fused-ring (bicyclic) bond motifs is 1. The minimum atomic E-state index is 0.0679. The third-order valence-electron chi connectivity index (χ3n) is 4.71. The van der Waals surface area contributed by atoms with Crippen molar-refractivity contribution in [3.63, 3.8) is 0 Å². The zero-order valence-corrected chi connectivity index (χ0v) is 16.0. The number of halogens is 1. The Morgan fingerprint density at radius 2 is 2.07 bits per heavy atom. The van der Waals surface area contributed by atoms with Crippen molar-refractivity contribution in [2.45, 2.75) is 13.0 Å². The molecule has 0 saturated carbocycles. The Morgan fingerprint density at radius 3 is 2.93 bits per heavy atom. The molecule has 28 heavy (non-hydrogen) atoms. The van der Waals surface area contributed by atoms with Gasteiger partial charge in [-0.05, 0) is 34.7 Å². The predicted molar refractivity (Wildman–Crippen MR) is 110 cm³/mol. The van der Waals surface area contributed by atoms with Crippen molar-refractivity contribution in [1.29, 1.82) is 0 Å². The van der Waals surface area contributed by atoms with E-state index in [1.165, 1.54) is 5.56 Å². The highest BCUT2D eigenvalue weighted by Gasteiger charge is 2.11. The molecule has 1 aromatic carbocycles. The van der Waals surface area contributed by atoms with Crippen molar-refractivity contribution < 1.29 is 5.11 Å². The lowest BCUT2D eigenvalue weighted by Crippen LogP contribution is -2.23. The number of hydrogen-bond donors (Lipinski definition) is 2. The van der Waals surface area contributed by atoms with Gasteiger partial charge in [0.15, 0.2) is 5.65 Å². The van der Waals surface area contributed by atoms with Gasteiger partial charge >= 0.3 is 0 Å². The zero-order chi connectivity index (χ0) is 19.5. The molecule has 7 nitrogen and oxygen atoms in total. The lowest BCUT2D eigenvalue weighted by atomic mass is 10.1. The van der Waals surface area contributed by atoms with Crippen molar-refractivity contribution >= 4 is 28.5 Å². The number of anilines is 1. The molecule has 8 heteroatoms. The van der Waals surface area contributed by atoms with Gasteiger partial charge in [0.1, 0.15) is 5.82 Å². The van der Waals surface area contributed by atoms with E-state index in [0.29, 0.717) is 23.4 Å². The number of nitrogens with two attached hydrogens (primary N) is 1. The molecule has 3 N–H and O–H groups in total. The molecule has 0 amide bonds. The van der Waals surface area contributed by atoms with Crippen molar-refractivity contribution in [3.8, 4) is 0 Å². The summed E-state index contributed by atoms with van der Waals surface area (Å²) in [4.78, 5) is 10.4. The van der Waals surface area contributed by atoms with Crippen molar-refractivity contribution in [2.75, 3.05) is 25.4 Å². The molecule has 1 aliphatic rings. The van der Waals surface area contributed by atoms with Gasteiger partial charge in [0.2, 0.25) is 5.28 Å². The van der Waals surface area contributed by atoms with Gasteiger partial charge in [0, 0.05) is 19.3 Å². The Bertz CT molecular complexity index is 1060. The summed E-state index contributed by atoms with van der Waals surface area (Å²) in [6.07, 6.45) is 8.64. The van der Waals surface area contributed by atoms with Crippen LogP contribution in [0.4, 0.5) is 5.82 Å². The molecule has 0 spiro atoms. The molecule has 2 aromatic heterocycles. The van der Waals surface area contributed by atoms with Crippen molar-refractivity contribution in [1.82, 2.24) is 24.6 Å². The molecular weight excluding hydrogens is 376 g/mol. The second-order valence-corrected chi connectivity index (χ2v) is 7.08.